The number of rotatable bonds is 3. The van der Waals surface area contributed by atoms with Crippen LogP contribution in [0.25, 0.3) is 0 Å². The van der Waals surface area contributed by atoms with Crippen LogP contribution in [0.3, 0.4) is 0 Å². The third kappa shape index (κ3) is 3.34. The highest BCUT2D eigenvalue weighted by Gasteiger charge is 2.55. The van der Waals surface area contributed by atoms with Crippen molar-refractivity contribution < 1.29 is 9.53 Å². The first-order valence-corrected chi connectivity index (χ1v) is 12.2. The van der Waals surface area contributed by atoms with Gasteiger partial charge in [-0.1, -0.05) is 46.3 Å². The van der Waals surface area contributed by atoms with E-state index in [9.17, 15) is 5.11 Å². The van der Waals surface area contributed by atoms with Gasteiger partial charge in [0.1, 0.15) is 0 Å². The van der Waals surface area contributed by atoms with Crippen LogP contribution in [-0.2, 0) is 4.43 Å². The topological polar surface area (TPSA) is 29.5 Å². The van der Waals surface area contributed by atoms with E-state index in [-0.39, 0.29) is 22.5 Å². The Morgan fingerprint density at radius 1 is 1.26 bits per heavy atom. The van der Waals surface area contributed by atoms with Crippen molar-refractivity contribution in [3.05, 3.63) is 11.6 Å². The van der Waals surface area contributed by atoms with Gasteiger partial charge in [-0.3, -0.25) is 0 Å². The molecule has 0 saturated heterocycles. The Labute approximate surface area is 144 Å². The summed E-state index contributed by atoms with van der Waals surface area (Å²) in [7, 11) is -1.76. The highest BCUT2D eigenvalue weighted by molar-refractivity contribution is 6.74. The zero-order chi connectivity index (χ0) is 17.7. The summed E-state index contributed by atoms with van der Waals surface area (Å²) in [5.74, 6) is 0.521. The quantitative estimate of drug-likeness (QED) is 0.541. The molecule has 23 heavy (non-hydrogen) atoms. The number of hydrogen-bond donors (Lipinski definition) is 1. The molecule has 0 unspecified atom stereocenters. The van der Waals surface area contributed by atoms with Crippen LogP contribution in [0.15, 0.2) is 11.6 Å². The molecule has 134 valence electrons. The van der Waals surface area contributed by atoms with Gasteiger partial charge in [-0.2, -0.15) is 0 Å². The lowest BCUT2D eigenvalue weighted by Gasteiger charge is -2.58. The summed E-state index contributed by atoms with van der Waals surface area (Å²) in [6.07, 6.45) is 7.20. The van der Waals surface area contributed by atoms with E-state index in [0.29, 0.717) is 12.0 Å². The second-order valence-electron chi connectivity index (χ2n) is 10.2. The van der Waals surface area contributed by atoms with Crippen LogP contribution in [0, 0.1) is 16.7 Å². The zero-order valence-electron chi connectivity index (χ0n) is 16.6. The lowest BCUT2D eigenvalue weighted by Crippen LogP contribution is -2.57. The SMILES string of the molecule is CC1=C[C@@]2(CO)CC[C@H](O[Si](C)(C)C(C)(C)C)C(C)(C)[C@@H]2CC1. The molecule has 0 bridgehead atoms. The van der Waals surface area contributed by atoms with Crippen LogP contribution in [0.2, 0.25) is 18.1 Å². The van der Waals surface area contributed by atoms with Crippen LogP contribution in [-0.4, -0.2) is 26.1 Å². The molecule has 2 rings (SSSR count). The average Bonchev–Trinajstić information content (AvgIpc) is 2.40. The van der Waals surface area contributed by atoms with E-state index in [4.69, 9.17) is 4.43 Å². The molecule has 2 aliphatic carbocycles. The first-order chi connectivity index (χ1) is 10.4. The van der Waals surface area contributed by atoms with E-state index in [2.05, 4.69) is 60.7 Å². The molecule has 0 heterocycles. The number of hydrogen-bond acceptors (Lipinski definition) is 2. The van der Waals surface area contributed by atoms with Crippen molar-refractivity contribution in [3.8, 4) is 0 Å². The number of allylic oxidation sites excluding steroid dienone is 1. The summed E-state index contributed by atoms with van der Waals surface area (Å²) >= 11 is 0. The van der Waals surface area contributed by atoms with Crippen LogP contribution in [0.1, 0.15) is 67.2 Å². The molecule has 0 aromatic heterocycles. The Kier molecular flexibility index (Phi) is 5.01. The van der Waals surface area contributed by atoms with E-state index in [0.717, 1.165) is 12.8 Å². The predicted molar refractivity (Wildman–Crippen MR) is 101 cm³/mol. The molecular formula is C20H38O2Si. The smallest absolute Gasteiger partial charge is 0.192 e. The summed E-state index contributed by atoms with van der Waals surface area (Å²) in [6, 6.07) is 0. The van der Waals surface area contributed by atoms with Gasteiger partial charge in [-0.25, -0.2) is 0 Å². The van der Waals surface area contributed by atoms with Gasteiger partial charge < -0.3 is 9.53 Å². The maximum atomic E-state index is 10.2. The fourth-order valence-electron chi connectivity index (χ4n) is 4.66. The van der Waals surface area contributed by atoms with E-state index in [1.807, 2.05) is 0 Å². The van der Waals surface area contributed by atoms with Crippen molar-refractivity contribution in [3.63, 3.8) is 0 Å². The molecular weight excluding hydrogens is 300 g/mol. The van der Waals surface area contributed by atoms with Gasteiger partial charge in [0, 0.05) is 5.41 Å². The normalized spacial score (nSPS) is 34.7. The minimum Gasteiger partial charge on any atom is -0.413 e. The van der Waals surface area contributed by atoms with Gasteiger partial charge in [0.15, 0.2) is 8.32 Å². The maximum Gasteiger partial charge on any atom is 0.192 e. The molecule has 0 aromatic carbocycles. The molecule has 3 heteroatoms. The molecule has 1 fully saturated rings. The Balaban J connectivity index is 2.29. The van der Waals surface area contributed by atoms with Crippen molar-refractivity contribution in [1.29, 1.82) is 0 Å². The second-order valence-corrected chi connectivity index (χ2v) is 15.0. The van der Waals surface area contributed by atoms with Crippen LogP contribution in [0.4, 0.5) is 0 Å². The Bertz CT molecular complexity index is 473. The van der Waals surface area contributed by atoms with E-state index < -0.39 is 8.32 Å². The summed E-state index contributed by atoms with van der Waals surface area (Å²) in [4.78, 5) is 0. The molecule has 0 radical (unpaired) electrons. The zero-order valence-corrected chi connectivity index (χ0v) is 17.6. The van der Waals surface area contributed by atoms with Gasteiger partial charge >= 0.3 is 0 Å². The average molecular weight is 339 g/mol. The number of fused-ring (bicyclic) bond motifs is 1. The Morgan fingerprint density at radius 3 is 2.39 bits per heavy atom. The highest BCUT2D eigenvalue weighted by Crippen LogP contribution is 2.58. The molecule has 0 aliphatic heterocycles. The van der Waals surface area contributed by atoms with E-state index in [1.165, 1.54) is 18.4 Å². The summed E-state index contributed by atoms with van der Waals surface area (Å²) in [5, 5.41) is 10.4. The third-order valence-electron chi connectivity index (χ3n) is 7.19. The van der Waals surface area contributed by atoms with E-state index >= 15 is 0 Å². The lowest BCUT2D eigenvalue weighted by molar-refractivity contribution is -0.0989. The summed E-state index contributed by atoms with van der Waals surface area (Å²) in [6.45, 7) is 19.0. The lowest BCUT2D eigenvalue weighted by atomic mass is 9.51. The number of aliphatic hydroxyl groups excluding tert-OH is 1. The standard InChI is InChI=1S/C20H38O2Si/c1-15-9-10-16-19(5,6)17(11-12-20(16,13-15)14-21)22-23(7,8)18(2,3)4/h13,16-17,21H,9-12,14H2,1-8H3/t16-,17-,20+/m0/s1. The minimum atomic E-state index is -1.76. The summed E-state index contributed by atoms with van der Waals surface area (Å²) in [5.41, 5.74) is 1.56. The Morgan fingerprint density at radius 2 is 1.87 bits per heavy atom. The monoisotopic (exact) mass is 338 g/mol. The Hall–Kier alpha value is -0.123. The molecule has 1 N–H and O–H groups in total. The molecule has 3 atom stereocenters. The predicted octanol–water partition coefficient (Wildman–Crippen LogP) is 5.53. The minimum absolute atomic E-state index is 0.0148. The highest BCUT2D eigenvalue weighted by atomic mass is 28.4. The van der Waals surface area contributed by atoms with Crippen molar-refractivity contribution >= 4 is 8.32 Å². The van der Waals surface area contributed by atoms with Gasteiger partial charge in [-0.15, -0.1) is 0 Å². The van der Waals surface area contributed by atoms with Gasteiger partial charge in [0.2, 0.25) is 0 Å². The summed E-state index contributed by atoms with van der Waals surface area (Å²) < 4.78 is 6.86. The van der Waals surface area contributed by atoms with Gasteiger partial charge in [0.05, 0.1) is 12.7 Å². The van der Waals surface area contributed by atoms with E-state index in [1.54, 1.807) is 0 Å². The first-order valence-electron chi connectivity index (χ1n) is 9.33. The molecule has 2 nitrogen and oxygen atoms in total. The van der Waals surface area contributed by atoms with Crippen LogP contribution >= 0.6 is 0 Å². The second kappa shape index (κ2) is 6.00. The van der Waals surface area contributed by atoms with Gasteiger partial charge in [-0.05, 0) is 62.1 Å². The number of aliphatic hydroxyl groups is 1. The fraction of sp³-hybridized carbons (Fsp3) is 0.900. The van der Waals surface area contributed by atoms with Gasteiger partial charge in [0.25, 0.3) is 0 Å². The van der Waals surface area contributed by atoms with Crippen molar-refractivity contribution in [1.82, 2.24) is 0 Å². The van der Waals surface area contributed by atoms with Crippen molar-refractivity contribution in [2.45, 2.75) is 91.5 Å². The molecule has 0 amide bonds. The van der Waals surface area contributed by atoms with Crippen LogP contribution in [0.5, 0.6) is 0 Å². The molecule has 2 aliphatic rings. The van der Waals surface area contributed by atoms with Crippen molar-refractivity contribution in [2.75, 3.05) is 6.61 Å². The molecule has 0 aromatic rings. The first kappa shape index (κ1) is 19.2. The third-order valence-corrected chi connectivity index (χ3v) is 11.7. The maximum absolute atomic E-state index is 10.2. The molecule has 1 saturated carbocycles. The largest absolute Gasteiger partial charge is 0.413 e. The molecule has 0 spiro atoms. The fourth-order valence-corrected chi connectivity index (χ4v) is 6.14. The van der Waals surface area contributed by atoms with Crippen molar-refractivity contribution in [2.24, 2.45) is 16.7 Å². The van der Waals surface area contributed by atoms with Crippen LogP contribution < -0.4 is 0 Å².